The van der Waals surface area contributed by atoms with Crippen LogP contribution < -0.4 is 0 Å². The van der Waals surface area contributed by atoms with Gasteiger partial charge >= 0.3 is 7.60 Å². The number of hydrogen-bond acceptors (Lipinski definition) is 4. The molecular weight excluding hydrogens is 167 g/mol. The summed E-state index contributed by atoms with van der Waals surface area (Å²) in [5.41, 5.74) is 0. The van der Waals surface area contributed by atoms with E-state index >= 15 is 0 Å². The van der Waals surface area contributed by atoms with Crippen molar-refractivity contribution in [3.05, 3.63) is 0 Å². The van der Waals surface area contributed by atoms with Gasteiger partial charge in [-0.25, -0.2) is 0 Å². The molecule has 0 bridgehead atoms. The molecule has 0 spiro atoms. The van der Waals surface area contributed by atoms with Crippen LogP contribution in [0.4, 0.5) is 0 Å². The average Bonchev–Trinajstić information content (AvgIpc) is 1.99. The van der Waals surface area contributed by atoms with Crippen LogP contribution in [0, 0.1) is 0 Å². The van der Waals surface area contributed by atoms with Gasteiger partial charge in [-0.2, -0.15) is 0 Å². The summed E-state index contributed by atoms with van der Waals surface area (Å²) in [6.07, 6.45) is 0.921. The number of rotatable bonds is 6. The maximum Gasteiger partial charge on any atom is 0.329 e. The fourth-order valence-corrected chi connectivity index (χ4v) is 0.760. The fourth-order valence-electron chi connectivity index (χ4n) is 0.389. The zero-order chi connectivity index (χ0) is 8.74. The third-order valence-electron chi connectivity index (χ3n) is 1.05. The van der Waals surface area contributed by atoms with Crippen molar-refractivity contribution in [3.63, 3.8) is 0 Å². The average molecular weight is 182 g/mol. The maximum atomic E-state index is 11.0. The van der Waals surface area contributed by atoms with Gasteiger partial charge in [0.2, 0.25) is 0 Å². The molecule has 0 N–H and O–H groups in total. The minimum atomic E-state index is -2.84. The van der Waals surface area contributed by atoms with Gasteiger partial charge in [0.05, 0.1) is 0 Å². The molecule has 0 rings (SSSR count). The second-order valence-corrected chi connectivity index (χ2v) is 4.28. The van der Waals surface area contributed by atoms with Gasteiger partial charge in [0.1, 0.15) is 0 Å². The monoisotopic (exact) mass is 182 g/mol. The highest BCUT2D eigenvalue weighted by Crippen LogP contribution is 2.42. The summed E-state index contributed by atoms with van der Waals surface area (Å²) in [5, 5.41) is 0. The van der Waals surface area contributed by atoms with Crippen LogP contribution in [-0.4, -0.2) is 27.2 Å². The Morgan fingerprint density at radius 3 is 2.55 bits per heavy atom. The van der Waals surface area contributed by atoms with Crippen molar-refractivity contribution >= 4 is 7.60 Å². The van der Waals surface area contributed by atoms with Gasteiger partial charge in [0.25, 0.3) is 0 Å². The van der Waals surface area contributed by atoms with Crippen molar-refractivity contribution in [1.29, 1.82) is 0 Å². The smallest absolute Gasteiger partial charge is 0.329 e. The van der Waals surface area contributed by atoms with E-state index in [0.717, 1.165) is 6.42 Å². The van der Waals surface area contributed by atoms with Gasteiger partial charge in [-0.1, -0.05) is 6.92 Å². The van der Waals surface area contributed by atoms with Crippen molar-refractivity contribution in [3.8, 4) is 0 Å². The maximum absolute atomic E-state index is 11.0. The Bertz CT molecular complexity index is 137. The first-order valence-corrected chi connectivity index (χ1v) is 5.47. The molecular formula is C6H15O4P. The van der Waals surface area contributed by atoms with Gasteiger partial charge in [0, 0.05) is 20.4 Å². The van der Waals surface area contributed by atoms with E-state index in [-0.39, 0.29) is 6.79 Å². The zero-order valence-electron chi connectivity index (χ0n) is 7.20. The Morgan fingerprint density at radius 2 is 2.09 bits per heavy atom. The van der Waals surface area contributed by atoms with Crippen molar-refractivity contribution < 1.29 is 18.3 Å². The van der Waals surface area contributed by atoms with E-state index in [1.807, 2.05) is 6.92 Å². The summed E-state index contributed by atoms with van der Waals surface area (Å²) >= 11 is 0. The molecule has 1 unspecified atom stereocenters. The SMILES string of the molecule is CCCOCOP(C)(=O)OC. The largest absolute Gasteiger partial charge is 0.355 e. The van der Waals surface area contributed by atoms with E-state index in [2.05, 4.69) is 4.52 Å². The first-order valence-electron chi connectivity index (χ1n) is 3.48. The van der Waals surface area contributed by atoms with Crippen LogP contribution in [0.15, 0.2) is 0 Å². The van der Waals surface area contributed by atoms with Crippen LogP contribution >= 0.6 is 7.60 Å². The van der Waals surface area contributed by atoms with Crippen LogP contribution in [0.1, 0.15) is 13.3 Å². The van der Waals surface area contributed by atoms with Gasteiger partial charge in [-0.05, 0) is 6.42 Å². The van der Waals surface area contributed by atoms with E-state index in [0.29, 0.717) is 6.61 Å². The lowest BCUT2D eigenvalue weighted by Crippen LogP contribution is -1.99. The van der Waals surface area contributed by atoms with Crippen molar-refractivity contribution in [2.75, 3.05) is 27.2 Å². The lowest BCUT2D eigenvalue weighted by molar-refractivity contribution is 0.00842. The van der Waals surface area contributed by atoms with E-state index < -0.39 is 7.60 Å². The topological polar surface area (TPSA) is 44.8 Å². The molecule has 0 saturated carbocycles. The molecule has 0 aromatic heterocycles. The molecule has 11 heavy (non-hydrogen) atoms. The fraction of sp³-hybridized carbons (Fsp3) is 1.00. The first kappa shape index (κ1) is 11.1. The summed E-state index contributed by atoms with van der Waals surface area (Å²) in [7, 11) is -1.49. The van der Waals surface area contributed by atoms with Crippen LogP contribution in [0.5, 0.6) is 0 Å². The van der Waals surface area contributed by atoms with E-state index in [1.54, 1.807) is 0 Å². The number of ether oxygens (including phenoxy) is 1. The second kappa shape index (κ2) is 5.72. The predicted molar refractivity (Wildman–Crippen MR) is 42.7 cm³/mol. The van der Waals surface area contributed by atoms with Gasteiger partial charge in [-0.15, -0.1) is 0 Å². The lowest BCUT2D eigenvalue weighted by atomic mass is 10.5. The molecule has 0 aromatic carbocycles. The molecule has 0 fully saturated rings. The summed E-state index contributed by atoms with van der Waals surface area (Å²) in [6, 6.07) is 0. The molecule has 0 aliphatic heterocycles. The molecule has 0 radical (unpaired) electrons. The molecule has 0 aliphatic rings. The third-order valence-corrected chi connectivity index (χ3v) is 2.29. The van der Waals surface area contributed by atoms with Crippen LogP contribution in [0.25, 0.3) is 0 Å². The third kappa shape index (κ3) is 6.51. The predicted octanol–water partition coefficient (Wildman–Crippen LogP) is 1.86. The first-order chi connectivity index (χ1) is 5.12. The van der Waals surface area contributed by atoms with E-state index in [1.165, 1.54) is 13.8 Å². The van der Waals surface area contributed by atoms with Crippen molar-refractivity contribution in [2.45, 2.75) is 13.3 Å². The molecule has 0 saturated heterocycles. The molecule has 0 heterocycles. The van der Waals surface area contributed by atoms with Crippen LogP contribution in [0.3, 0.4) is 0 Å². The molecule has 4 nitrogen and oxygen atoms in total. The van der Waals surface area contributed by atoms with Crippen molar-refractivity contribution in [2.24, 2.45) is 0 Å². The molecule has 0 aromatic rings. The highest BCUT2D eigenvalue weighted by atomic mass is 31.2. The summed E-state index contributed by atoms with van der Waals surface area (Å²) < 4.78 is 25.3. The van der Waals surface area contributed by atoms with Gasteiger partial charge in [0.15, 0.2) is 6.79 Å². The molecule has 5 heteroatoms. The Kier molecular flexibility index (Phi) is 5.78. The van der Waals surface area contributed by atoms with E-state index in [4.69, 9.17) is 9.26 Å². The number of hydrogen-bond donors (Lipinski definition) is 0. The lowest BCUT2D eigenvalue weighted by Gasteiger charge is -2.10. The van der Waals surface area contributed by atoms with E-state index in [9.17, 15) is 4.57 Å². The Morgan fingerprint density at radius 1 is 1.45 bits per heavy atom. The van der Waals surface area contributed by atoms with Crippen molar-refractivity contribution in [1.82, 2.24) is 0 Å². The summed E-state index contributed by atoms with van der Waals surface area (Å²) in [4.78, 5) is 0. The molecule has 1 atom stereocenters. The van der Waals surface area contributed by atoms with Gasteiger partial charge in [-0.3, -0.25) is 9.09 Å². The van der Waals surface area contributed by atoms with Crippen LogP contribution in [-0.2, 0) is 18.3 Å². The Labute approximate surface area is 67.4 Å². The molecule has 0 aliphatic carbocycles. The highest BCUT2D eigenvalue weighted by Gasteiger charge is 2.13. The minimum Gasteiger partial charge on any atom is -0.355 e. The standard InChI is InChI=1S/C6H15O4P/c1-4-5-9-6-10-11(3,7)8-2/h4-6H2,1-3H3. The molecule has 0 amide bonds. The normalized spacial score (nSPS) is 16.3. The quantitative estimate of drug-likeness (QED) is 0.357. The Balaban J connectivity index is 3.31. The summed E-state index contributed by atoms with van der Waals surface area (Å²) in [6.45, 7) is 4.04. The van der Waals surface area contributed by atoms with Gasteiger partial charge < -0.3 is 9.26 Å². The highest BCUT2D eigenvalue weighted by molar-refractivity contribution is 7.52. The second-order valence-electron chi connectivity index (χ2n) is 2.11. The minimum absolute atomic E-state index is 0.0372. The Hall–Kier alpha value is 0.110. The molecule has 68 valence electrons. The van der Waals surface area contributed by atoms with Crippen LogP contribution in [0.2, 0.25) is 0 Å². The zero-order valence-corrected chi connectivity index (χ0v) is 8.10. The summed E-state index contributed by atoms with van der Waals surface area (Å²) in [5.74, 6) is 0.